The molecule has 0 fully saturated rings. The van der Waals surface area contributed by atoms with E-state index in [4.69, 9.17) is 15.4 Å². The van der Waals surface area contributed by atoms with Crippen LogP contribution in [0.25, 0.3) is 0 Å². The van der Waals surface area contributed by atoms with Crippen LogP contribution in [0, 0.1) is 0 Å². The third kappa shape index (κ3) is 5.25. The Kier molecular flexibility index (Phi) is 7.24. The molecular formula is C6H15N2NaO5S. The summed E-state index contributed by atoms with van der Waals surface area (Å²) < 4.78 is 30.2. The second kappa shape index (κ2) is 6.14. The maximum absolute atomic E-state index is 11.1. The Hall–Kier alpha value is 0.300. The Morgan fingerprint density at radius 1 is 1.53 bits per heavy atom. The summed E-state index contributed by atoms with van der Waals surface area (Å²) in [6, 6.07) is -1.21. The molecule has 15 heavy (non-hydrogen) atoms. The standard InChI is InChI=1S/C6H14N2O5S.Na.H/c1-6(2,14(11,12)13)8-5(10)4(7)3-9;;/h4,9H,3,7H2,1-2H3,(H,8,10)(H,11,12,13);;/t4-;;/m0../s1. The molecule has 0 rings (SSSR count). The van der Waals surface area contributed by atoms with E-state index < -0.39 is 33.5 Å². The molecule has 0 unspecified atom stereocenters. The second-order valence-corrected chi connectivity index (χ2v) is 5.23. The van der Waals surface area contributed by atoms with Gasteiger partial charge in [-0.3, -0.25) is 9.35 Å². The van der Waals surface area contributed by atoms with Crippen molar-refractivity contribution in [2.45, 2.75) is 24.8 Å². The topological polar surface area (TPSA) is 130 Å². The van der Waals surface area contributed by atoms with Crippen LogP contribution in [-0.4, -0.2) is 71.1 Å². The van der Waals surface area contributed by atoms with E-state index in [1.807, 2.05) is 5.32 Å². The van der Waals surface area contributed by atoms with Gasteiger partial charge in [0.05, 0.1) is 6.61 Å². The molecule has 0 aliphatic carbocycles. The van der Waals surface area contributed by atoms with Gasteiger partial charge in [0.1, 0.15) is 6.04 Å². The monoisotopic (exact) mass is 250 g/mol. The van der Waals surface area contributed by atoms with Crippen LogP contribution in [0.15, 0.2) is 0 Å². The molecule has 0 aliphatic heterocycles. The van der Waals surface area contributed by atoms with Gasteiger partial charge in [-0.25, -0.2) is 0 Å². The van der Waals surface area contributed by atoms with E-state index in [0.29, 0.717) is 0 Å². The molecule has 86 valence electrons. The summed E-state index contributed by atoms with van der Waals surface area (Å²) in [5.41, 5.74) is 5.13. The zero-order chi connectivity index (χ0) is 11.6. The van der Waals surface area contributed by atoms with Crippen molar-refractivity contribution >= 4 is 45.6 Å². The minimum atomic E-state index is -4.41. The minimum absolute atomic E-state index is 0. The molecule has 0 bridgehead atoms. The third-order valence-corrected chi connectivity index (χ3v) is 2.99. The molecule has 0 aromatic heterocycles. The molecule has 0 heterocycles. The van der Waals surface area contributed by atoms with Crippen molar-refractivity contribution in [1.29, 1.82) is 0 Å². The SMILES string of the molecule is CC(C)(NC(=O)[C@@H](N)CO)S(=O)(=O)O.[NaH]. The molecule has 5 N–H and O–H groups in total. The first kappa shape index (κ1) is 17.7. The van der Waals surface area contributed by atoms with E-state index in [1.54, 1.807) is 0 Å². The predicted molar refractivity (Wildman–Crippen MR) is 56.0 cm³/mol. The molecule has 0 aliphatic rings. The number of aliphatic hydroxyl groups is 1. The summed E-state index contributed by atoms with van der Waals surface area (Å²) in [5, 5.41) is 10.5. The molecule has 0 saturated heterocycles. The molecule has 0 saturated carbocycles. The number of hydrogen-bond acceptors (Lipinski definition) is 5. The fraction of sp³-hybridized carbons (Fsp3) is 0.833. The molecule has 1 amide bonds. The van der Waals surface area contributed by atoms with Crippen LogP contribution in [0.3, 0.4) is 0 Å². The Morgan fingerprint density at radius 2 is 1.93 bits per heavy atom. The summed E-state index contributed by atoms with van der Waals surface area (Å²) in [5.74, 6) is -0.852. The summed E-state index contributed by atoms with van der Waals surface area (Å²) in [6.45, 7) is 1.60. The zero-order valence-electron chi connectivity index (χ0n) is 7.89. The summed E-state index contributed by atoms with van der Waals surface area (Å²) in [4.78, 5) is 9.24. The number of hydrogen-bond donors (Lipinski definition) is 4. The van der Waals surface area contributed by atoms with Gasteiger partial charge >= 0.3 is 29.6 Å². The summed E-state index contributed by atoms with van der Waals surface area (Å²) in [6.07, 6.45) is 0. The van der Waals surface area contributed by atoms with Gasteiger partial charge < -0.3 is 16.2 Å². The van der Waals surface area contributed by atoms with Crippen LogP contribution >= 0.6 is 0 Å². The summed E-state index contributed by atoms with van der Waals surface area (Å²) in [7, 11) is -4.41. The third-order valence-electron chi connectivity index (χ3n) is 1.60. The van der Waals surface area contributed by atoms with Gasteiger partial charge in [-0.1, -0.05) is 0 Å². The number of carbonyl (C=O) groups is 1. The van der Waals surface area contributed by atoms with E-state index in [-0.39, 0.29) is 29.6 Å². The Balaban J connectivity index is 0. The zero-order valence-corrected chi connectivity index (χ0v) is 8.71. The number of nitrogens with two attached hydrogens (primary N) is 1. The van der Waals surface area contributed by atoms with Gasteiger partial charge in [-0.05, 0) is 13.8 Å². The second-order valence-electron chi connectivity index (χ2n) is 3.26. The number of aliphatic hydroxyl groups excluding tert-OH is 1. The molecular weight excluding hydrogens is 235 g/mol. The fourth-order valence-corrected chi connectivity index (χ4v) is 0.766. The van der Waals surface area contributed by atoms with Crippen molar-refractivity contribution in [3.05, 3.63) is 0 Å². The van der Waals surface area contributed by atoms with Crippen molar-refractivity contribution in [3.8, 4) is 0 Å². The van der Waals surface area contributed by atoms with Gasteiger partial charge in [-0.2, -0.15) is 8.42 Å². The van der Waals surface area contributed by atoms with Crippen molar-refractivity contribution < 1.29 is 22.9 Å². The van der Waals surface area contributed by atoms with Gasteiger partial charge in [0.25, 0.3) is 10.1 Å². The predicted octanol–water partition coefficient (Wildman–Crippen LogP) is -2.60. The number of nitrogens with one attached hydrogen (secondary N) is 1. The average Bonchev–Trinajstić information content (AvgIpc) is 2.00. The van der Waals surface area contributed by atoms with Crippen LogP contribution in [-0.2, 0) is 14.9 Å². The van der Waals surface area contributed by atoms with Gasteiger partial charge in [0.2, 0.25) is 5.91 Å². The van der Waals surface area contributed by atoms with Gasteiger partial charge in [0.15, 0.2) is 4.87 Å². The Bertz CT molecular complexity index is 315. The normalized spacial score (nSPS) is 13.9. The first-order valence-corrected chi connectivity index (χ1v) is 5.21. The number of amides is 1. The van der Waals surface area contributed by atoms with Gasteiger partial charge in [-0.15, -0.1) is 0 Å². The molecule has 1 atom stereocenters. The Labute approximate surface area is 110 Å². The first-order valence-electron chi connectivity index (χ1n) is 3.77. The van der Waals surface area contributed by atoms with E-state index in [0.717, 1.165) is 13.8 Å². The number of carbonyl (C=O) groups excluding carboxylic acids is 1. The summed E-state index contributed by atoms with van der Waals surface area (Å²) >= 11 is 0. The molecule has 0 spiro atoms. The van der Waals surface area contributed by atoms with Crippen molar-refractivity contribution in [2.75, 3.05) is 6.61 Å². The van der Waals surface area contributed by atoms with Crippen LogP contribution in [0.2, 0.25) is 0 Å². The van der Waals surface area contributed by atoms with Gasteiger partial charge in [0, 0.05) is 0 Å². The fourth-order valence-electron chi connectivity index (χ4n) is 0.537. The van der Waals surface area contributed by atoms with Crippen LogP contribution in [0.5, 0.6) is 0 Å². The van der Waals surface area contributed by atoms with E-state index in [1.165, 1.54) is 0 Å². The van der Waals surface area contributed by atoms with E-state index in [9.17, 15) is 13.2 Å². The molecule has 0 radical (unpaired) electrons. The van der Waals surface area contributed by atoms with Crippen LogP contribution in [0.1, 0.15) is 13.8 Å². The molecule has 0 aromatic carbocycles. The van der Waals surface area contributed by atoms with Crippen LogP contribution in [0.4, 0.5) is 0 Å². The van der Waals surface area contributed by atoms with E-state index >= 15 is 0 Å². The van der Waals surface area contributed by atoms with E-state index in [2.05, 4.69) is 0 Å². The Morgan fingerprint density at radius 3 is 2.20 bits per heavy atom. The van der Waals surface area contributed by atoms with Crippen molar-refractivity contribution in [1.82, 2.24) is 5.32 Å². The molecule has 0 aromatic rings. The maximum atomic E-state index is 11.1. The first-order chi connectivity index (χ1) is 6.12. The van der Waals surface area contributed by atoms with Crippen molar-refractivity contribution in [2.24, 2.45) is 5.73 Å². The number of rotatable bonds is 4. The molecule has 7 nitrogen and oxygen atoms in total. The van der Waals surface area contributed by atoms with Crippen LogP contribution < -0.4 is 11.1 Å². The molecule has 9 heteroatoms. The van der Waals surface area contributed by atoms with Crippen molar-refractivity contribution in [3.63, 3.8) is 0 Å². The quantitative estimate of drug-likeness (QED) is 0.320. The average molecular weight is 250 g/mol.